The Bertz CT molecular complexity index is 396. The molecule has 0 saturated heterocycles. The number of aromatic nitrogens is 2. The number of alkyl halides is 3. The first kappa shape index (κ1) is 13.3. The summed E-state index contributed by atoms with van der Waals surface area (Å²) in [7, 11) is 0. The summed E-state index contributed by atoms with van der Waals surface area (Å²) in [6.45, 7) is 0.441. The van der Waals surface area contributed by atoms with E-state index < -0.39 is 12.0 Å². The zero-order valence-electron chi connectivity index (χ0n) is 9.96. The third-order valence-corrected chi connectivity index (χ3v) is 3.60. The molecule has 1 aliphatic carbocycles. The zero-order valence-corrected chi connectivity index (χ0v) is 9.96. The molecule has 1 aromatic heterocycles. The first-order valence-electron chi connectivity index (χ1n) is 6.05. The predicted molar refractivity (Wildman–Crippen MR) is 57.6 cm³/mol. The fraction of sp³-hybridized carbons (Fsp3) is 0.818. The summed E-state index contributed by atoms with van der Waals surface area (Å²) in [5.74, 6) is -1.17. The lowest BCUT2D eigenvalue weighted by Crippen LogP contribution is -2.35. The van der Waals surface area contributed by atoms with Gasteiger partial charge in [0.2, 0.25) is 5.89 Å². The Morgan fingerprint density at radius 1 is 1.22 bits per heavy atom. The van der Waals surface area contributed by atoms with Crippen molar-refractivity contribution in [1.82, 2.24) is 10.1 Å². The minimum Gasteiger partial charge on any atom is -0.339 e. The molecular weight excluding hydrogens is 247 g/mol. The van der Waals surface area contributed by atoms with E-state index in [-0.39, 0.29) is 11.3 Å². The molecule has 0 spiro atoms. The molecular formula is C11H16F3N3O. The molecule has 1 aliphatic rings. The Morgan fingerprint density at radius 3 is 2.39 bits per heavy atom. The van der Waals surface area contributed by atoms with Crippen LogP contribution in [0.25, 0.3) is 0 Å². The molecule has 0 amide bonds. The monoisotopic (exact) mass is 263 g/mol. The lowest BCUT2D eigenvalue weighted by atomic mass is 9.72. The van der Waals surface area contributed by atoms with Crippen molar-refractivity contribution in [2.75, 3.05) is 6.54 Å². The predicted octanol–water partition coefficient (Wildman–Crippen LogP) is 2.54. The summed E-state index contributed by atoms with van der Waals surface area (Å²) in [4.78, 5) is 3.41. The van der Waals surface area contributed by atoms with Crippen molar-refractivity contribution < 1.29 is 17.7 Å². The number of nitrogens with zero attached hydrogens (tertiary/aromatic N) is 2. The van der Waals surface area contributed by atoms with Gasteiger partial charge in [0.15, 0.2) is 0 Å². The van der Waals surface area contributed by atoms with E-state index in [1.807, 2.05) is 0 Å². The van der Waals surface area contributed by atoms with Crippen LogP contribution in [0.15, 0.2) is 4.52 Å². The van der Waals surface area contributed by atoms with E-state index in [0.717, 1.165) is 32.1 Å². The van der Waals surface area contributed by atoms with Crippen molar-refractivity contribution in [3.05, 3.63) is 11.7 Å². The van der Waals surface area contributed by atoms with E-state index in [0.29, 0.717) is 13.0 Å². The second kappa shape index (κ2) is 4.87. The van der Waals surface area contributed by atoms with Gasteiger partial charge in [-0.15, -0.1) is 0 Å². The maximum absolute atomic E-state index is 12.3. The van der Waals surface area contributed by atoms with E-state index >= 15 is 0 Å². The third-order valence-electron chi connectivity index (χ3n) is 3.60. The van der Waals surface area contributed by atoms with Gasteiger partial charge in [-0.25, -0.2) is 0 Å². The highest BCUT2D eigenvalue weighted by atomic mass is 19.4. The summed E-state index contributed by atoms with van der Waals surface area (Å²) in [5, 5.41) is 2.97. The number of nitrogens with two attached hydrogens (primary N) is 1. The molecule has 7 heteroatoms. The Hall–Kier alpha value is -1.11. The van der Waals surface area contributed by atoms with E-state index in [1.165, 1.54) is 0 Å². The molecule has 0 atom stereocenters. The number of rotatable bonds is 3. The average Bonchev–Trinajstić information content (AvgIpc) is 2.78. The van der Waals surface area contributed by atoms with Gasteiger partial charge in [0.05, 0.1) is 0 Å². The van der Waals surface area contributed by atoms with Gasteiger partial charge in [0, 0.05) is 6.42 Å². The largest absolute Gasteiger partial charge is 0.455 e. The molecule has 0 radical (unpaired) electrons. The fourth-order valence-electron chi connectivity index (χ4n) is 2.52. The molecule has 2 N–H and O–H groups in total. The molecule has 2 rings (SSSR count). The Morgan fingerprint density at radius 2 is 1.89 bits per heavy atom. The highest BCUT2D eigenvalue weighted by Gasteiger charge is 2.39. The minimum atomic E-state index is -4.55. The van der Waals surface area contributed by atoms with Crippen LogP contribution in [-0.4, -0.2) is 16.7 Å². The van der Waals surface area contributed by atoms with E-state index in [1.54, 1.807) is 0 Å². The zero-order chi connectivity index (χ0) is 13.2. The van der Waals surface area contributed by atoms with Gasteiger partial charge < -0.3 is 10.3 Å². The second-order valence-corrected chi connectivity index (χ2v) is 4.95. The quantitative estimate of drug-likeness (QED) is 0.910. The molecule has 4 nitrogen and oxygen atoms in total. The van der Waals surface area contributed by atoms with Gasteiger partial charge in [0.1, 0.15) is 0 Å². The van der Waals surface area contributed by atoms with Crippen LogP contribution >= 0.6 is 0 Å². The first-order valence-corrected chi connectivity index (χ1v) is 6.05. The van der Waals surface area contributed by atoms with Gasteiger partial charge in [-0.3, -0.25) is 0 Å². The van der Waals surface area contributed by atoms with Crippen LogP contribution in [0, 0.1) is 5.41 Å². The van der Waals surface area contributed by atoms with Gasteiger partial charge in [-0.1, -0.05) is 24.4 Å². The van der Waals surface area contributed by atoms with Crippen molar-refractivity contribution in [2.24, 2.45) is 11.1 Å². The Balaban J connectivity index is 2.10. The third kappa shape index (κ3) is 2.82. The normalized spacial score (nSPS) is 20.0. The highest BCUT2D eigenvalue weighted by Crippen LogP contribution is 2.38. The topological polar surface area (TPSA) is 64.9 Å². The van der Waals surface area contributed by atoms with Crippen LogP contribution in [0.1, 0.15) is 43.8 Å². The lowest BCUT2D eigenvalue weighted by molar-refractivity contribution is -0.146. The van der Waals surface area contributed by atoms with Gasteiger partial charge in [-0.05, 0) is 24.8 Å². The van der Waals surface area contributed by atoms with Crippen LogP contribution in [0.3, 0.4) is 0 Å². The van der Waals surface area contributed by atoms with Gasteiger partial charge in [-0.2, -0.15) is 18.2 Å². The van der Waals surface area contributed by atoms with Crippen molar-refractivity contribution >= 4 is 0 Å². The Kier molecular flexibility index (Phi) is 3.61. The molecule has 0 unspecified atom stereocenters. The molecule has 0 bridgehead atoms. The molecule has 1 heterocycles. The summed E-state index contributed by atoms with van der Waals surface area (Å²) in [5.41, 5.74) is 5.59. The summed E-state index contributed by atoms with van der Waals surface area (Å²) < 4.78 is 41.7. The summed E-state index contributed by atoms with van der Waals surface area (Å²) in [6.07, 6.45) is 0.867. The van der Waals surface area contributed by atoms with E-state index in [4.69, 9.17) is 5.73 Å². The Labute approximate surface area is 103 Å². The van der Waals surface area contributed by atoms with Crippen LogP contribution in [0.4, 0.5) is 13.2 Å². The van der Waals surface area contributed by atoms with E-state index in [2.05, 4.69) is 14.7 Å². The summed E-state index contributed by atoms with van der Waals surface area (Å²) in [6, 6.07) is 0. The van der Waals surface area contributed by atoms with Crippen molar-refractivity contribution in [3.63, 3.8) is 0 Å². The second-order valence-electron chi connectivity index (χ2n) is 4.95. The fourth-order valence-corrected chi connectivity index (χ4v) is 2.52. The number of halogens is 3. The number of hydrogen-bond donors (Lipinski definition) is 1. The standard InChI is InChI=1S/C11H16F3N3O/c12-11(13,14)9-16-8(18-17-9)6-10(7-15)4-2-1-3-5-10/h1-7,15H2. The van der Waals surface area contributed by atoms with Crippen molar-refractivity contribution in [2.45, 2.75) is 44.7 Å². The van der Waals surface area contributed by atoms with Crippen LogP contribution < -0.4 is 5.73 Å². The molecule has 1 aromatic rings. The molecule has 1 saturated carbocycles. The molecule has 102 valence electrons. The first-order chi connectivity index (χ1) is 8.45. The lowest BCUT2D eigenvalue weighted by Gasteiger charge is -2.34. The molecule has 18 heavy (non-hydrogen) atoms. The average molecular weight is 263 g/mol. The summed E-state index contributed by atoms with van der Waals surface area (Å²) >= 11 is 0. The maximum Gasteiger partial charge on any atom is 0.455 e. The van der Waals surface area contributed by atoms with Crippen LogP contribution in [-0.2, 0) is 12.6 Å². The van der Waals surface area contributed by atoms with Crippen molar-refractivity contribution in [1.29, 1.82) is 0 Å². The maximum atomic E-state index is 12.3. The minimum absolute atomic E-state index is 0.0367. The number of hydrogen-bond acceptors (Lipinski definition) is 4. The van der Waals surface area contributed by atoms with Gasteiger partial charge in [0.25, 0.3) is 5.82 Å². The SMILES string of the molecule is NCC1(Cc2nc(C(F)(F)F)no2)CCCCC1. The van der Waals surface area contributed by atoms with Crippen molar-refractivity contribution in [3.8, 4) is 0 Å². The molecule has 0 aliphatic heterocycles. The van der Waals surface area contributed by atoms with Crippen LogP contribution in [0.5, 0.6) is 0 Å². The van der Waals surface area contributed by atoms with Crippen LogP contribution in [0.2, 0.25) is 0 Å². The van der Waals surface area contributed by atoms with Gasteiger partial charge >= 0.3 is 6.18 Å². The highest BCUT2D eigenvalue weighted by molar-refractivity contribution is 4.96. The molecule has 1 fully saturated rings. The van der Waals surface area contributed by atoms with E-state index in [9.17, 15) is 13.2 Å². The molecule has 0 aromatic carbocycles. The smallest absolute Gasteiger partial charge is 0.339 e.